The van der Waals surface area contributed by atoms with Crippen molar-refractivity contribution in [3.63, 3.8) is 0 Å². The van der Waals surface area contributed by atoms with Gasteiger partial charge < -0.3 is 5.32 Å². The van der Waals surface area contributed by atoms with Gasteiger partial charge in [-0.3, -0.25) is 19.4 Å². The van der Waals surface area contributed by atoms with E-state index in [-0.39, 0.29) is 12.5 Å². The zero-order valence-electron chi connectivity index (χ0n) is 17.9. The molecule has 5 aromatic rings. The molecule has 3 aromatic heterocycles. The summed E-state index contributed by atoms with van der Waals surface area (Å²) in [6, 6.07) is 21.4. The van der Waals surface area contributed by atoms with Gasteiger partial charge in [0.25, 0.3) is 0 Å². The summed E-state index contributed by atoms with van der Waals surface area (Å²) < 4.78 is 15.1. The van der Waals surface area contributed by atoms with Crippen LogP contribution in [0.15, 0.2) is 85.2 Å². The van der Waals surface area contributed by atoms with Gasteiger partial charge in [0.05, 0.1) is 23.1 Å². The van der Waals surface area contributed by atoms with Crippen LogP contribution < -0.4 is 5.32 Å². The van der Waals surface area contributed by atoms with Crippen LogP contribution in [0.1, 0.15) is 5.69 Å². The van der Waals surface area contributed by atoms with Crippen LogP contribution in [0, 0.1) is 12.7 Å². The predicted molar refractivity (Wildman–Crippen MR) is 126 cm³/mol. The molecule has 0 atom stereocenters. The van der Waals surface area contributed by atoms with Crippen molar-refractivity contribution in [1.29, 1.82) is 0 Å². The van der Waals surface area contributed by atoms with Gasteiger partial charge in [-0.1, -0.05) is 30.3 Å². The largest absolute Gasteiger partial charge is 0.324 e. The van der Waals surface area contributed by atoms with E-state index in [2.05, 4.69) is 20.4 Å². The smallest absolute Gasteiger partial charge is 0.246 e. The molecular weight excluding hydrogens is 417 g/mol. The second-order valence-electron chi connectivity index (χ2n) is 7.66. The summed E-state index contributed by atoms with van der Waals surface area (Å²) in [6.07, 6.45) is 3.51. The lowest BCUT2D eigenvalue weighted by Crippen LogP contribution is -2.20. The number of halogens is 1. The fourth-order valence-electron chi connectivity index (χ4n) is 3.88. The summed E-state index contributed by atoms with van der Waals surface area (Å²) in [6.45, 7) is 1.87. The minimum Gasteiger partial charge on any atom is -0.324 e. The zero-order chi connectivity index (χ0) is 22.8. The number of carbonyl (C=O) groups is 1. The van der Waals surface area contributed by atoms with Crippen molar-refractivity contribution in [1.82, 2.24) is 19.7 Å². The Balaban J connectivity index is 1.59. The average molecular weight is 437 g/mol. The van der Waals surface area contributed by atoms with E-state index < -0.39 is 5.82 Å². The number of nitrogens with zero attached hydrogens (tertiary/aromatic N) is 4. The van der Waals surface area contributed by atoms with Gasteiger partial charge in [-0.25, -0.2) is 4.39 Å². The van der Waals surface area contributed by atoms with Gasteiger partial charge in [0.15, 0.2) is 0 Å². The monoisotopic (exact) mass is 437 g/mol. The second-order valence-corrected chi connectivity index (χ2v) is 7.66. The first-order chi connectivity index (χ1) is 16.1. The van der Waals surface area contributed by atoms with Crippen LogP contribution in [0.4, 0.5) is 10.1 Å². The maximum atomic E-state index is 13.5. The molecule has 0 radical (unpaired) electrons. The van der Waals surface area contributed by atoms with Gasteiger partial charge in [-0.2, -0.15) is 5.10 Å². The molecule has 1 N–H and O–H groups in total. The van der Waals surface area contributed by atoms with Crippen molar-refractivity contribution in [3.8, 4) is 22.5 Å². The third-order valence-electron chi connectivity index (χ3n) is 5.31. The van der Waals surface area contributed by atoms with E-state index in [1.165, 1.54) is 12.1 Å². The first kappa shape index (κ1) is 20.5. The minimum absolute atomic E-state index is 0.0511. The maximum absolute atomic E-state index is 13.5. The number of aromatic nitrogens is 4. The molecule has 0 aliphatic rings. The molecule has 0 spiro atoms. The Morgan fingerprint density at radius 3 is 2.70 bits per heavy atom. The Kier molecular flexibility index (Phi) is 5.36. The standard InChI is InChI=1S/C26H20FN5O/c1-17-6-4-11-24(30-17)26-22(20-12-13-28-23-10-3-2-9-21(20)23)15-29-32(26)16-25(33)31-19-8-5-7-18(27)14-19/h2-15H,16H2,1H3,(H,31,33). The van der Waals surface area contributed by atoms with Crippen molar-refractivity contribution in [2.45, 2.75) is 13.5 Å². The summed E-state index contributed by atoms with van der Waals surface area (Å²) in [4.78, 5) is 21.9. The minimum atomic E-state index is -0.414. The quantitative estimate of drug-likeness (QED) is 0.408. The molecule has 3 heterocycles. The summed E-state index contributed by atoms with van der Waals surface area (Å²) in [7, 11) is 0. The molecule has 162 valence electrons. The molecule has 2 aromatic carbocycles. The molecule has 0 saturated heterocycles. The number of benzene rings is 2. The van der Waals surface area contributed by atoms with E-state index in [1.54, 1.807) is 29.2 Å². The fourth-order valence-corrected chi connectivity index (χ4v) is 3.88. The first-order valence-corrected chi connectivity index (χ1v) is 10.5. The predicted octanol–water partition coefficient (Wildman–Crippen LogP) is 5.25. The van der Waals surface area contributed by atoms with E-state index in [9.17, 15) is 9.18 Å². The van der Waals surface area contributed by atoms with E-state index in [0.717, 1.165) is 33.4 Å². The van der Waals surface area contributed by atoms with Crippen molar-refractivity contribution < 1.29 is 9.18 Å². The van der Waals surface area contributed by atoms with E-state index in [0.29, 0.717) is 11.4 Å². The summed E-state index contributed by atoms with van der Waals surface area (Å²) in [5.41, 5.74) is 5.36. The van der Waals surface area contributed by atoms with Crippen LogP contribution in [-0.4, -0.2) is 25.7 Å². The molecule has 5 rings (SSSR count). The Hall–Kier alpha value is -4.39. The SMILES string of the molecule is Cc1cccc(-c2c(-c3ccnc4ccccc34)cnn2CC(=O)Nc2cccc(F)c2)n1. The molecule has 0 saturated carbocycles. The zero-order valence-corrected chi connectivity index (χ0v) is 17.9. The number of anilines is 1. The van der Waals surface area contributed by atoms with E-state index in [1.807, 2.05) is 55.5 Å². The highest BCUT2D eigenvalue weighted by molar-refractivity contribution is 5.98. The number of amides is 1. The highest BCUT2D eigenvalue weighted by atomic mass is 19.1. The van der Waals surface area contributed by atoms with Crippen LogP contribution >= 0.6 is 0 Å². The third kappa shape index (κ3) is 4.21. The summed E-state index contributed by atoms with van der Waals surface area (Å²) >= 11 is 0. The third-order valence-corrected chi connectivity index (χ3v) is 5.31. The number of aryl methyl sites for hydroxylation is 1. The Morgan fingerprint density at radius 2 is 1.85 bits per heavy atom. The summed E-state index contributed by atoms with van der Waals surface area (Å²) in [5.74, 6) is -0.730. The molecular formula is C26H20FN5O. The van der Waals surface area contributed by atoms with E-state index >= 15 is 0 Å². The number of fused-ring (bicyclic) bond motifs is 1. The van der Waals surface area contributed by atoms with Crippen molar-refractivity contribution in [3.05, 3.63) is 96.7 Å². The fraction of sp³-hybridized carbons (Fsp3) is 0.0769. The topological polar surface area (TPSA) is 72.7 Å². The lowest BCUT2D eigenvalue weighted by atomic mass is 10.0. The van der Waals surface area contributed by atoms with Gasteiger partial charge in [-0.15, -0.1) is 0 Å². The number of nitrogens with one attached hydrogen (secondary N) is 1. The first-order valence-electron chi connectivity index (χ1n) is 10.5. The number of pyridine rings is 2. The van der Waals surface area contributed by atoms with Gasteiger partial charge >= 0.3 is 0 Å². The normalized spacial score (nSPS) is 11.0. The molecule has 0 bridgehead atoms. The van der Waals surface area contributed by atoms with Crippen LogP contribution in [0.25, 0.3) is 33.4 Å². The van der Waals surface area contributed by atoms with E-state index in [4.69, 9.17) is 0 Å². The number of hydrogen-bond donors (Lipinski definition) is 1. The molecule has 0 unspecified atom stereocenters. The van der Waals surface area contributed by atoms with Crippen LogP contribution in [-0.2, 0) is 11.3 Å². The van der Waals surface area contributed by atoms with Gasteiger partial charge in [0.2, 0.25) is 5.91 Å². The second kappa shape index (κ2) is 8.63. The Bertz CT molecular complexity index is 1470. The number of hydrogen-bond acceptors (Lipinski definition) is 4. The number of para-hydroxylation sites is 1. The summed E-state index contributed by atoms with van der Waals surface area (Å²) in [5, 5.41) is 8.24. The van der Waals surface area contributed by atoms with Gasteiger partial charge in [0.1, 0.15) is 12.4 Å². The number of carbonyl (C=O) groups excluding carboxylic acids is 1. The van der Waals surface area contributed by atoms with Crippen molar-refractivity contribution >= 4 is 22.5 Å². The van der Waals surface area contributed by atoms with Crippen LogP contribution in [0.5, 0.6) is 0 Å². The van der Waals surface area contributed by atoms with Gasteiger partial charge in [0, 0.05) is 28.5 Å². The molecule has 7 heteroatoms. The molecule has 0 aliphatic carbocycles. The van der Waals surface area contributed by atoms with Crippen molar-refractivity contribution in [2.75, 3.05) is 5.32 Å². The number of rotatable bonds is 5. The molecule has 6 nitrogen and oxygen atoms in total. The lowest BCUT2D eigenvalue weighted by Gasteiger charge is -2.12. The highest BCUT2D eigenvalue weighted by Gasteiger charge is 2.19. The molecule has 0 fully saturated rings. The maximum Gasteiger partial charge on any atom is 0.246 e. The molecule has 33 heavy (non-hydrogen) atoms. The Morgan fingerprint density at radius 1 is 1.00 bits per heavy atom. The van der Waals surface area contributed by atoms with Crippen LogP contribution in [0.3, 0.4) is 0 Å². The van der Waals surface area contributed by atoms with Crippen molar-refractivity contribution in [2.24, 2.45) is 0 Å². The molecule has 1 amide bonds. The van der Waals surface area contributed by atoms with Gasteiger partial charge in [-0.05, 0) is 55.0 Å². The molecule has 0 aliphatic heterocycles. The van der Waals surface area contributed by atoms with Crippen LogP contribution in [0.2, 0.25) is 0 Å². The lowest BCUT2D eigenvalue weighted by molar-refractivity contribution is -0.116. The highest BCUT2D eigenvalue weighted by Crippen LogP contribution is 2.35. The Labute approximate surface area is 189 Å². The average Bonchev–Trinajstić information content (AvgIpc) is 3.21.